The van der Waals surface area contributed by atoms with Crippen LogP contribution in [0.25, 0.3) is 0 Å². The summed E-state index contributed by atoms with van der Waals surface area (Å²) in [5, 5.41) is 3.21. The van der Waals surface area contributed by atoms with Crippen LogP contribution >= 0.6 is 0 Å². The summed E-state index contributed by atoms with van der Waals surface area (Å²) in [5.74, 6) is 0. The zero-order valence-electron chi connectivity index (χ0n) is 5.93. The average molecular weight is 162 g/mol. The Morgan fingerprint density at radius 1 is 1.44 bits per heavy atom. The molecule has 0 aromatic heterocycles. The standard InChI is InChI=1S/C7H13N.V/c1-7(2)4-5-8(3)6-7;/h1-2,4-6H2,3H3;. The zero-order valence-corrected chi connectivity index (χ0v) is 7.33. The quantitative estimate of drug-likeness (QED) is 0.518. The van der Waals surface area contributed by atoms with Crippen molar-refractivity contribution in [2.75, 3.05) is 20.1 Å². The van der Waals surface area contributed by atoms with Crippen molar-refractivity contribution in [3.8, 4) is 0 Å². The number of hydrogen-bond donors (Lipinski definition) is 0. The summed E-state index contributed by atoms with van der Waals surface area (Å²) in [4.78, 5) is 2.49. The van der Waals surface area contributed by atoms with Crippen molar-refractivity contribution in [2.45, 2.75) is 16.7 Å². The maximum absolute atomic E-state index is 2.49. The van der Waals surface area contributed by atoms with Crippen LogP contribution in [-0.2, 0) is 16.3 Å². The Bertz CT molecular complexity index is 120. The molecule has 51 valence electrons. The summed E-state index contributed by atoms with van der Waals surface area (Å²) < 4.78 is 0. The van der Waals surface area contributed by atoms with Crippen molar-refractivity contribution in [3.05, 3.63) is 0 Å². The van der Waals surface area contributed by atoms with Crippen LogP contribution in [0.2, 0.25) is 10.3 Å². The molecule has 2 aliphatic rings. The van der Waals surface area contributed by atoms with E-state index in [1.54, 1.807) is 10.3 Å². The van der Waals surface area contributed by atoms with Crippen LogP contribution in [0.4, 0.5) is 0 Å². The summed E-state index contributed by atoms with van der Waals surface area (Å²) in [6.45, 7) is 2.77. The van der Waals surface area contributed by atoms with Crippen molar-refractivity contribution >= 4 is 0 Å². The summed E-state index contributed by atoms with van der Waals surface area (Å²) >= 11 is 0.802. The second kappa shape index (κ2) is 2.01. The van der Waals surface area contributed by atoms with E-state index in [2.05, 4.69) is 11.9 Å². The number of likely N-dealkylation sites (tertiary alicyclic amines) is 1. The second-order valence-corrected chi connectivity index (χ2v) is 5.21. The Morgan fingerprint density at radius 3 is 2.44 bits per heavy atom. The van der Waals surface area contributed by atoms with Crippen LogP contribution in [0.3, 0.4) is 0 Å². The van der Waals surface area contributed by atoms with Crippen LogP contribution in [0.15, 0.2) is 0 Å². The van der Waals surface area contributed by atoms with Crippen LogP contribution < -0.4 is 0 Å². The summed E-state index contributed by atoms with van der Waals surface area (Å²) in [7, 11) is 2.25. The minimum atomic E-state index is 0.802. The number of rotatable bonds is 0. The first-order chi connectivity index (χ1) is 4.31. The first-order valence-electron chi connectivity index (χ1n) is 3.63. The third-order valence-corrected chi connectivity index (χ3v) is 5.32. The molecule has 1 nitrogen and oxygen atoms in total. The van der Waals surface area contributed by atoms with Crippen LogP contribution in [-0.4, -0.2) is 25.0 Å². The summed E-state index contributed by atoms with van der Waals surface area (Å²) in [5.41, 5.74) is 0.856. The van der Waals surface area contributed by atoms with Crippen molar-refractivity contribution in [2.24, 2.45) is 5.41 Å². The van der Waals surface area contributed by atoms with Crippen LogP contribution in [0, 0.1) is 5.41 Å². The van der Waals surface area contributed by atoms with Gasteiger partial charge in [-0.25, -0.2) is 0 Å². The molecule has 0 amide bonds. The third kappa shape index (κ3) is 0.958. The van der Waals surface area contributed by atoms with Gasteiger partial charge in [0.2, 0.25) is 0 Å². The fraction of sp³-hybridized carbons (Fsp3) is 1.00. The minimum absolute atomic E-state index is 0.802. The normalized spacial score (nSPS) is 32.1. The molecule has 0 N–H and O–H groups in total. The molecule has 0 radical (unpaired) electrons. The predicted octanol–water partition coefficient (Wildman–Crippen LogP) is 1.24. The molecule has 0 unspecified atom stereocenters. The Morgan fingerprint density at radius 2 is 2.22 bits per heavy atom. The first-order valence-corrected chi connectivity index (χ1v) is 5.60. The first kappa shape index (κ1) is 6.27. The molecule has 9 heavy (non-hydrogen) atoms. The molecule has 0 saturated carbocycles. The van der Waals surface area contributed by atoms with E-state index in [1.807, 2.05) is 0 Å². The Labute approximate surface area is 63.8 Å². The van der Waals surface area contributed by atoms with Gasteiger partial charge < -0.3 is 0 Å². The molecular formula is C7H13NV. The maximum atomic E-state index is 2.49. The van der Waals surface area contributed by atoms with Gasteiger partial charge in [-0.3, -0.25) is 0 Å². The SMILES string of the molecule is CN1CCC2([CH2][V][CH2]2)C1. The van der Waals surface area contributed by atoms with E-state index in [4.69, 9.17) is 0 Å². The number of hydrogen-bond acceptors (Lipinski definition) is 1. The molecule has 2 heterocycles. The van der Waals surface area contributed by atoms with Crippen LogP contribution in [0.5, 0.6) is 0 Å². The fourth-order valence-electron chi connectivity index (χ4n) is 1.84. The van der Waals surface area contributed by atoms with E-state index >= 15 is 0 Å². The van der Waals surface area contributed by atoms with E-state index < -0.39 is 0 Å². The molecule has 0 aromatic carbocycles. The molecule has 2 aliphatic heterocycles. The molecule has 0 aliphatic carbocycles. The molecule has 0 bridgehead atoms. The molecule has 2 saturated heterocycles. The van der Waals surface area contributed by atoms with E-state index in [1.165, 1.54) is 19.5 Å². The fourth-order valence-corrected chi connectivity index (χ4v) is 3.99. The molecule has 0 aromatic rings. The molecule has 1 spiro atoms. The molecule has 0 atom stereocenters. The number of nitrogens with zero attached hydrogens (tertiary/aromatic N) is 1. The third-order valence-electron chi connectivity index (χ3n) is 2.52. The van der Waals surface area contributed by atoms with Gasteiger partial charge >= 0.3 is 63.4 Å². The molecule has 2 rings (SSSR count). The predicted molar refractivity (Wildman–Crippen MR) is 34.2 cm³/mol. The van der Waals surface area contributed by atoms with E-state index in [9.17, 15) is 0 Å². The Hall–Kier alpha value is 0.544. The van der Waals surface area contributed by atoms with E-state index in [0.29, 0.717) is 0 Å². The van der Waals surface area contributed by atoms with Gasteiger partial charge in [0.25, 0.3) is 0 Å². The van der Waals surface area contributed by atoms with Crippen molar-refractivity contribution in [1.82, 2.24) is 4.90 Å². The summed E-state index contributed by atoms with van der Waals surface area (Å²) in [6, 6.07) is 0. The van der Waals surface area contributed by atoms with Crippen molar-refractivity contribution in [3.63, 3.8) is 0 Å². The monoisotopic (exact) mass is 162 g/mol. The van der Waals surface area contributed by atoms with Gasteiger partial charge in [-0.1, -0.05) is 0 Å². The molecule has 2 heteroatoms. The topological polar surface area (TPSA) is 3.24 Å². The van der Waals surface area contributed by atoms with Gasteiger partial charge in [-0.05, 0) is 0 Å². The van der Waals surface area contributed by atoms with Gasteiger partial charge in [0.05, 0.1) is 0 Å². The van der Waals surface area contributed by atoms with Gasteiger partial charge in [-0.15, -0.1) is 0 Å². The van der Waals surface area contributed by atoms with E-state index in [-0.39, 0.29) is 0 Å². The van der Waals surface area contributed by atoms with Crippen LogP contribution in [0.1, 0.15) is 6.42 Å². The van der Waals surface area contributed by atoms with Gasteiger partial charge in [-0.2, -0.15) is 0 Å². The van der Waals surface area contributed by atoms with Gasteiger partial charge in [0.1, 0.15) is 0 Å². The summed E-state index contributed by atoms with van der Waals surface area (Å²) in [6.07, 6.45) is 1.50. The van der Waals surface area contributed by atoms with Gasteiger partial charge in [0.15, 0.2) is 0 Å². The van der Waals surface area contributed by atoms with Crippen molar-refractivity contribution in [1.29, 1.82) is 0 Å². The van der Waals surface area contributed by atoms with Gasteiger partial charge in [0, 0.05) is 0 Å². The second-order valence-electron chi connectivity index (χ2n) is 3.53. The Kier molecular flexibility index (Phi) is 1.40. The molecular weight excluding hydrogens is 149 g/mol. The Balaban J connectivity index is 1.99. The van der Waals surface area contributed by atoms with Crippen molar-refractivity contribution < 1.29 is 16.3 Å². The zero-order chi connectivity index (χ0) is 6.32. The molecule has 2 fully saturated rings. The average Bonchev–Trinajstić information content (AvgIpc) is 2.09. The van der Waals surface area contributed by atoms with E-state index in [0.717, 1.165) is 21.7 Å².